The van der Waals surface area contributed by atoms with Crippen LogP contribution in [0.1, 0.15) is 65.7 Å². The van der Waals surface area contributed by atoms with Gasteiger partial charge in [0.15, 0.2) is 0 Å². The van der Waals surface area contributed by atoms with Crippen LogP contribution >= 0.6 is 0 Å². The highest BCUT2D eigenvalue weighted by Gasteiger charge is 2.49. The summed E-state index contributed by atoms with van der Waals surface area (Å²) in [4.78, 5) is 0. The van der Waals surface area contributed by atoms with Gasteiger partial charge in [0.2, 0.25) is 0 Å². The second-order valence-electron chi connectivity index (χ2n) is 6.72. The number of unbranched alkanes of at least 4 members (excludes halogenated alkanes) is 1. The van der Waals surface area contributed by atoms with Crippen molar-refractivity contribution in [2.24, 2.45) is 17.3 Å². The monoisotopic (exact) mass is 263 g/mol. The highest BCUT2D eigenvalue weighted by atomic mass is 14.8. The fraction of sp³-hybridized carbons (Fsp3) is 0.778. The lowest BCUT2D eigenvalue weighted by Gasteiger charge is -2.16. The molecule has 0 aromatic heterocycles. The molecule has 0 heterocycles. The van der Waals surface area contributed by atoms with E-state index in [4.69, 9.17) is 0 Å². The highest BCUT2D eigenvalue weighted by molar-refractivity contribution is 5.15. The van der Waals surface area contributed by atoms with Crippen molar-refractivity contribution in [2.45, 2.75) is 65.7 Å². The Morgan fingerprint density at radius 1 is 1.42 bits per heavy atom. The van der Waals surface area contributed by atoms with E-state index in [0.29, 0.717) is 5.41 Å². The SMILES string of the molecule is C=CNCC[C@@H](CC)CCCCC1(C)CC1C(=C)C. The Labute approximate surface area is 120 Å². The molecule has 0 radical (unpaired) electrons. The van der Waals surface area contributed by atoms with Gasteiger partial charge in [0.25, 0.3) is 0 Å². The predicted octanol–water partition coefficient (Wildman–Crippen LogP) is 5.30. The van der Waals surface area contributed by atoms with Crippen molar-refractivity contribution in [3.8, 4) is 0 Å². The molecule has 0 saturated heterocycles. The number of rotatable bonds is 11. The van der Waals surface area contributed by atoms with Gasteiger partial charge in [-0.25, -0.2) is 0 Å². The van der Waals surface area contributed by atoms with E-state index in [1.54, 1.807) is 6.20 Å². The Kier molecular flexibility index (Phi) is 6.68. The fourth-order valence-corrected chi connectivity index (χ4v) is 3.36. The lowest BCUT2D eigenvalue weighted by atomic mass is 9.91. The van der Waals surface area contributed by atoms with Crippen LogP contribution in [0.2, 0.25) is 0 Å². The molecular weight excluding hydrogens is 230 g/mol. The average molecular weight is 263 g/mol. The molecule has 110 valence electrons. The largest absolute Gasteiger partial charge is 0.391 e. The molecular formula is C18H33N. The molecule has 3 atom stereocenters. The zero-order chi connectivity index (χ0) is 14.3. The van der Waals surface area contributed by atoms with E-state index in [1.807, 2.05) is 0 Å². The summed E-state index contributed by atoms with van der Waals surface area (Å²) in [6, 6.07) is 0. The summed E-state index contributed by atoms with van der Waals surface area (Å²) in [5, 5.41) is 3.21. The Balaban J connectivity index is 2.09. The third-order valence-corrected chi connectivity index (χ3v) is 4.98. The van der Waals surface area contributed by atoms with Crippen molar-refractivity contribution in [3.63, 3.8) is 0 Å². The predicted molar refractivity (Wildman–Crippen MR) is 86.1 cm³/mol. The molecule has 1 nitrogen and oxygen atoms in total. The van der Waals surface area contributed by atoms with Crippen LogP contribution in [0.25, 0.3) is 0 Å². The molecule has 1 aliphatic carbocycles. The van der Waals surface area contributed by atoms with Gasteiger partial charge in [-0.15, -0.1) is 0 Å². The Hall–Kier alpha value is -0.720. The highest BCUT2D eigenvalue weighted by Crippen LogP contribution is 2.58. The van der Waals surface area contributed by atoms with Crippen molar-refractivity contribution < 1.29 is 0 Å². The summed E-state index contributed by atoms with van der Waals surface area (Å²) < 4.78 is 0. The Morgan fingerprint density at radius 2 is 2.16 bits per heavy atom. The molecule has 0 aromatic rings. The van der Waals surface area contributed by atoms with Crippen LogP contribution in [-0.4, -0.2) is 6.54 Å². The molecule has 1 fully saturated rings. The van der Waals surface area contributed by atoms with Crippen molar-refractivity contribution in [1.29, 1.82) is 0 Å². The Morgan fingerprint density at radius 3 is 2.68 bits per heavy atom. The topological polar surface area (TPSA) is 12.0 Å². The first-order valence-corrected chi connectivity index (χ1v) is 8.03. The first-order valence-electron chi connectivity index (χ1n) is 8.03. The van der Waals surface area contributed by atoms with Gasteiger partial charge in [-0.1, -0.05) is 58.3 Å². The minimum atomic E-state index is 0.595. The van der Waals surface area contributed by atoms with Gasteiger partial charge in [0.1, 0.15) is 0 Å². The minimum absolute atomic E-state index is 0.595. The van der Waals surface area contributed by atoms with Crippen LogP contribution in [0.5, 0.6) is 0 Å². The van der Waals surface area contributed by atoms with Gasteiger partial charge >= 0.3 is 0 Å². The van der Waals surface area contributed by atoms with Crippen LogP contribution in [0.4, 0.5) is 0 Å². The quantitative estimate of drug-likeness (QED) is 0.394. The molecule has 0 spiro atoms. The maximum atomic E-state index is 4.11. The first-order chi connectivity index (χ1) is 9.03. The number of allylic oxidation sites excluding steroid dienone is 1. The molecule has 1 saturated carbocycles. The van der Waals surface area contributed by atoms with Crippen LogP contribution in [0.3, 0.4) is 0 Å². The van der Waals surface area contributed by atoms with Crippen molar-refractivity contribution in [1.82, 2.24) is 5.32 Å². The molecule has 0 bridgehead atoms. The van der Waals surface area contributed by atoms with E-state index in [2.05, 4.69) is 39.2 Å². The average Bonchev–Trinajstić information content (AvgIpc) is 3.05. The van der Waals surface area contributed by atoms with Crippen LogP contribution in [-0.2, 0) is 0 Å². The zero-order valence-electron chi connectivity index (χ0n) is 13.3. The molecule has 0 amide bonds. The second kappa shape index (κ2) is 7.77. The van der Waals surface area contributed by atoms with E-state index >= 15 is 0 Å². The standard InChI is InChI=1S/C18H33N/c1-6-16(11-13-19-7-2)10-8-9-12-18(5)14-17(18)15(3)4/h7,16-17,19H,2-3,6,8-14H2,1,4-5H3/t16-,17?,18?/m0/s1. The van der Waals surface area contributed by atoms with Gasteiger partial charge in [-0.3, -0.25) is 0 Å². The second-order valence-corrected chi connectivity index (χ2v) is 6.72. The molecule has 1 N–H and O–H groups in total. The van der Waals surface area contributed by atoms with Gasteiger partial charge in [0, 0.05) is 6.54 Å². The lowest BCUT2D eigenvalue weighted by molar-refractivity contribution is 0.387. The summed E-state index contributed by atoms with van der Waals surface area (Å²) >= 11 is 0. The molecule has 19 heavy (non-hydrogen) atoms. The summed E-state index contributed by atoms with van der Waals surface area (Å²) in [5.41, 5.74) is 1.99. The normalized spacial score (nSPS) is 26.8. The molecule has 0 aromatic carbocycles. The summed E-state index contributed by atoms with van der Waals surface area (Å²) in [7, 11) is 0. The minimum Gasteiger partial charge on any atom is -0.391 e. The van der Waals surface area contributed by atoms with Crippen molar-refractivity contribution >= 4 is 0 Å². The Bertz CT molecular complexity index is 294. The number of hydrogen-bond acceptors (Lipinski definition) is 1. The van der Waals surface area contributed by atoms with E-state index in [1.165, 1.54) is 50.5 Å². The third-order valence-electron chi connectivity index (χ3n) is 4.98. The molecule has 0 aliphatic heterocycles. The number of hydrogen-bond donors (Lipinski definition) is 1. The van der Waals surface area contributed by atoms with E-state index < -0.39 is 0 Å². The van der Waals surface area contributed by atoms with Gasteiger partial charge < -0.3 is 5.32 Å². The summed E-state index contributed by atoms with van der Waals surface area (Å²) in [6.07, 6.45) is 11.4. The fourth-order valence-electron chi connectivity index (χ4n) is 3.36. The van der Waals surface area contributed by atoms with E-state index in [-0.39, 0.29) is 0 Å². The van der Waals surface area contributed by atoms with Crippen molar-refractivity contribution in [3.05, 3.63) is 24.9 Å². The zero-order valence-corrected chi connectivity index (χ0v) is 13.3. The molecule has 1 rings (SSSR count). The van der Waals surface area contributed by atoms with E-state index in [0.717, 1.165) is 18.4 Å². The first kappa shape index (κ1) is 16.3. The molecule has 1 heteroatoms. The van der Waals surface area contributed by atoms with E-state index in [9.17, 15) is 0 Å². The smallest absolute Gasteiger partial charge is 0.0143 e. The maximum absolute atomic E-state index is 4.11. The van der Waals surface area contributed by atoms with Crippen molar-refractivity contribution in [2.75, 3.05) is 6.54 Å². The number of nitrogens with one attached hydrogen (secondary N) is 1. The van der Waals surface area contributed by atoms with Gasteiger partial charge in [-0.05, 0) is 49.6 Å². The van der Waals surface area contributed by atoms with Gasteiger partial charge in [-0.2, -0.15) is 0 Å². The summed E-state index contributed by atoms with van der Waals surface area (Å²) in [6.45, 7) is 15.8. The molecule has 1 aliphatic rings. The summed E-state index contributed by atoms with van der Waals surface area (Å²) in [5.74, 6) is 1.70. The van der Waals surface area contributed by atoms with Crippen LogP contribution < -0.4 is 5.32 Å². The maximum Gasteiger partial charge on any atom is 0.0143 e. The van der Waals surface area contributed by atoms with Crippen LogP contribution in [0.15, 0.2) is 24.9 Å². The van der Waals surface area contributed by atoms with Gasteiger partial charge in [0.05, 0.1) is 0 Å². The van der Waals surface area contributed by atoms with Crippen LogP contribution in [0, 0.1) is 17.3 Å². The lowest BCUT2D eigenvalue weighted by Crippen LogP contribution is -2.12. The third kappa shape index (κ3) is 5.42. The molecule has 2 unspecified atom stereocenters.